The van der Waals surface area contributed by atoms with Crippen LogP contribution in [0.5, 0.6) is 0 Å². The number of rotatable bonds is 4. The van der Waals surface area contributed by atoms with Gasteiger partial charge in [-0.05, 0) is 0 Å². The van der Waals surface area contributed by atoms with Crippen molar-refractivity contribution in [3.05, 3.63) is 22.4 Å². The van der Waals surface area contributed by atoms with E-state index in [2.05, 4.69) is 25.5 Å². The summed E-state index contributed by atoms with van der Waals surface area (Å²) in [5.41, 5.74) is 7.39. The van der Waals surface area contributed by atoms with E-state index in [1.165, 1.54) is 11.3 Å². The smallest absolute Gasteiger partial charge is 0.270 e. The number of hydrogen-bond donors (Lipinski definition) is 3. The largest absolute Gasteiger partial charge is 0.367 e. The van der Waals surface area contributed by atoms with Gasteiger partial charge < -0.3 is 11.1 Å². The molecule has 0 saturated carbocycles. The lowest BCUT2D eigenvalue weighted by atomic mass is 10.4. The third-order valence-electron chi connectivity index (χ3n) is 1.86. The van der Waals surface area contributed by atoms with Crippen LogP contribution in [0, 0.1) is 0 Å². The van der Waals surface area contributed by atoms with Gasteiger partial charge in [0.15, 0.2) is 0 Å². The standard InChI is InChI=1S/C8H10N6OS/c9-8-12-6(13-14-8)1-2-10-7(15)5-3-16-4-11-5/h3-4H,1-2H2,(H,10,15)(H3,9,12,13,14). The first-order valence-corrected chi connectivity index (χ1v) is 5.53. The van der Waals surface area contributed by atoms with Crippen molar-refractivity contribution in [3.63, 3.8) is 0 Å². The van der Waals surface area contributed by atoms with Gasteiger partial charge in [-0.1, -0.05) is 0 Å². The second-order valence-electron chi connectivity index (χ2n) is 3.02. The normalized spacial score (nSPS) is 10.2. The molecule has 0 atom stereocenters. The van der Waals surface area contributed by atoms with E-state index in [-0.39, 0.29) is 11.9 Å². The van der Waals surface area contributed by atoms with Crippen molar-refractivity contribution < 1.29 is 4.79 Å². The zero-order valence-corrected chi connectivity index (χ0v) is 9.12. The number of nitrogens with one attached hydrogen (secondary N) is 2. The summed E-state index contributed by atoms with van der Waals surface area (Å²) in [5.74, 6) is 0.672. The molecular weight excluding hydrogens is 228 g/mol. The molecule has 2 aromatic heterocycles. The zero-order valence-electron chi connectivity index (χ0n) is 8.30. The number of carbonyl (C=O) groups is 1. The second-order valence-corrected chi connectivity index (χ2v) is 3.74. The fourth-order valence-corrected chi connectivity index (χ4v) is 1.66. The molecule has 0 aliphatic carbocycles. The van der Waals surface area contributed by atoms with E-state index in [0.717, 1.165) is 0 Å². The number of anilines is 1. The summed E-state index contributed by atoms with van der Waals surface area (Å²) in [4.78, 5) is 19.3. The van der Waals surface area contributed by atoms with Crippen LogP contribution in [-0.4, -0.2) is 32.6 Å². The highest BCUT2D eigenvalue weighted by Gasteiger charge is 2.07. The minimum absolute atomic E-state index is 0.186. The topological polar surface area (TPSA) is 110 Å². The molecule has 1 amide bonds. The van der Waals surface area contributed by atoms with Crippen molar-refractivity contribution in [1.29, 1.82) is 0 Å². The average Bonchev–Trinajstić information content (AvgIpc) is 2.89. The van der Waals surface area contributed by atoms with E-state index in [0.29, 0.717) is 24.5 Å². The first-order valence-electron chi connectivity index (χ1n) is 4.59. The number of H-pyrrole nitrogens is 1. The molecule has 8 heteroatoms. The van der Waals surface area contributed by atoms with E-state index in [4.69, 9.17) is 5.73 Å². The Labute approximate surface area is 95.1 Å². The molecular formula is C8H10N6OS. The van der Waals surface area contributed by atoms with Crippen LogP contribution in [-0.2, 0) is 6.42 Å². The maximum Gasteiger partial charge on any atom is 0.270 e. The first kappa shape index (κ1) is 10.6. The van der Waals surface area contributed by atoms with Gasteiger partial charge in [-0.2, -0.15) is 4.98 Å². The molecule has 0 aromatic carbocycles. The lowest BCUT2D eigenvalue weighted by molar-refractivity contribution is 0.0949. The van der Waals surface area contributed by atoms with Crippen molar-refractivity contribution in [1.82, 2.24) is 25.5 Å². The highest BCUT2D eigenvalue weighted by molar-refractivity contribution is 7.07. The predicted molar refractivity (Wildman–Crippen MR) is 58.9 cm³/mol. The average molecular weight is 238 g/mol. The molecule has 0 aliphatic rings. The number of hydrogen-bond acceptors (Lipinski definition) is 6. The molecule has 2 rings (SSSR count). The second kappa shape index (κ2) is 4.71. The summed E-state index contributed by atoms with van der Waals surface area (Å²) in [5, 5.41) is 10.8. The number of nitrogens with two attached hydrogens (primary N) is 1. The number of aromatic nitrogens is 4. The minimum Gasteiger partial charge on any atom is -0.367 e. The first-order chi connectivity index (χ1) is 7.75. The number of carbonyl (C=O) groups excluding carboxylic acids is 1. The molecule has 84 valence electrons. The highest BCUT2D eigenvalue weighted by Crippen LogP contribution is 2.00. The molecule has 0 bridgehead atoms. The van der Waals surface area contributed by atoms with E-state index < -0.39 is 0 Å². The Bertz CT molecular complexity index is 465. The summed E-state index contributed by atoms with van der Waals surface area (Å²) in [7, 11) is 0. The van der Waals surface area contributed by atoms with Crippen LogP contribution in [0.2, 0.25) is 0 Å². The van der Waals surface area contributed by atoms with Crippen LogP contribution >= 0.6 is 11.3 Å². The monoisotopic (exact) mass is 238 g/mol. The third-order valence-corrected chi connectivity index (χ3v) is 2.45. The third kappa shape index (κ3) is 2.54. The van der Waals surface area contributed by atoms with Crippen LogP contribution in [0.25, 0.3) is 0 Å². The molecule has 4 N–H and O–H groups in total. The summed E-state index contributed by atoms with van der Waals surface area (Å²) >= 11 is 1.38. The lowest BCUT2D eigenvalue weighted by Gasteiger charge is -2.00. The summed E-state index contributed by atoms with van der Waals surface area (Å²) < 4.78 is 0. The summed E-state index contributed by atoms with van der Waals surface area (Å²) in [6.07, 6.45) is 0.556. The summed E-state index contributed by atoms with van der Waals surface area (Å²) in [6, 6.07) is 0. The van der Waals surface area contributed by atoms with E-state index in [1.54, 1.807) is 10.9 Å². The van der Waals surface area contributed by atoms with E-state index in [1.807, 2.05) is 0 Å². The van der Waals surface area contributed by atoms with Crippen LogP contribution < -0.4 is 11.1 Å². The van der Waals surface area contributed by atoms with E-state index >= 15 is 0 Å². The molecule has 0 unspecified atom stereocenters. The minimum atomic E-state index is -0.186. The molecule has 0 saturated heterocycles. The molecule has 0 radical (unpaired) electrons. The Morgan fingerprint density at radius 3 is 3.12 bits per heavy atom. The van der Waals surface area contributed by atoms with Gasteiger partial charge in [0.2, 0.25) is 5.95 Å². The van der Waals surface area contributed by atoms with Gasteiger partial charge in [-0.15, -0.1) is 16.4 Å². The van der Waals surface area contributed by atoms with Gasteiger partial charge in [-0.3, -0.25) is 9.89 Å². The van der Waals surface area contributed by atoms with E-state index in [9.17, 15) is 4.79 Å². The Balaban J connectivity index is 1.78. The molecule has 0 spiro atoms. The van der Waals surface area contributed by atoms with Gasteiger partial charge in [-0.25, -0.2) is 4.98 Å². The number of nitrogens with zero attached hydrogens (tertiary/aromatic N) is 3. The number of aromatic amines is 1. The number of thiazole rings is 1. The van der Waals surface area contributed by atoms with Gasteiger partial charge in [0.25, 0.3) is 5.91 Å². The van der Waals surface area contributed by atoms with Gasteiger partial charge in [0, 0.05) is 18.3 Å². The van der Waals surface area contributed by atoms with Gasteiger partial charge in [0.1, 0.15) is 11.5 Å². The maximum absolute atomic E-state index is 11.5. The maximum atomic E-state index is 11.5. The zero-order chi connectivity index (χ0) is 11.4. The molecule has 0 fully saturated rings. The van der Waals surface area contributed by atoms with Crippen LogP contribution in [0.15, 0.2) is 10.9 Å². The van der Waals surface area contributed by atoms with Crippen molar-refractivity contribution in [2.45, 2.75) is 6.42 Å². The predicted octanol–water partition coefficient (Wildman–Crippen LogP) is -0.184. The fourth-order valence-electron chi connectivity index (χ4n) is 1.13. The Hall–Kier alpha value is -1.96. The fraction of sp³-hybridized carbons (Fsp3) is 0.250. The molecule has 2 heterocycles. The number of amides is 1. The van der Waals surface area contributed by atoms with Crippen molar-refractivity contribution in [2.75, 3.05) is 12.3 Å². The van der Waals surface area contributed by atoms with Gasteiger partial charge in [0.05, 0.1) is 5.51 Å². The van der Waals surface area contributed by atoms with Gasteiger partial charge >= 0.3 is 0 Å². The lowest BCUT2D eigenvalue weighted by Crippen LogP contribution is -2.26. The Kier molecular flexibility index (Phi) is 3.10. The quantitative estimate of drug-likeness (QED) is 0.684. The molecule has 2 aromatic rings. The van der Waals surface area contributed by atoms with Crippen molar-refractivity contribution in [2.24, 2.45) is 0 Å². The SMILES string of the molecule is Nc1n[nH]c(CCNC(=O)c2cscn2)n1. The molecule has 7 nitrogen and oxygen atoms in total. The molecule has 16 heavy (non-hydrogen) atoms. The van der Waals surface area contributed by atoms with Crippen LogP contribution in [0.1, 0.15) is 16.3 Å². The highest BCUT2D eigenvalue weighted by atomic mass is 32.1. The Morgan fingerprint density at radius 1 is 1.62 bits per heavy atom. The van der Waals surface area contributed by atoms with Crippen LogP contribution in [0.4, 0.5) is 5.95 Å². The van der Waals surface area contributed by atoms with Crippen molar-refractivity contribution >= 4 is 23.2 Å². The van der Waals surface area contributed by atoms with Crippen molar-refractivity contribution in [3.8, 4) is 0 Å². The summed E-state index contributed by atoms with van der Waals surface area (Å²) in [6.45, 7) is 0.463. The number of nitrogen functional groups attached to an aromatic ring is 1. The van der Waals surface area contributed by atoms with Crippen LogP contribution in [0.3, 0.4) is 0 Å². The Morgan fingerprint density at radius 2 is 2.50 bits per heavy atom. The molecule has 0 aliphatic heterocycles.